The van der Waals surface area contributed by atoms with Gasteiger partial charge in [0.05, 0.1) is 0 Å². The number of benzene rings is 2. The summed E-state index contributed by atoms with van der Waals surface area (Å²) in [5.74, 6) is -1.59. The summed E-state index contributed by atoms with van der Waals surface area (Å²) in [5.41, 5.74) is 2.31. The lowest BCUT2D eigenvalue weighted by Crippen LogP contribution is -1.94. The van der Waals surface area contributed by atoms with Crippen molar-refractivity contribution in [3.63, 3.8) is 0 Å². The van der Waals surface area contributed by atoms with Crippen molar-refractivity contribution in [2.45, 2.75) is 19.8 Å². The van der Waals surface area contributed by atoms with Crippen LogP contribution in [0.3, 0.4) is 0 Å². The van der Waals surface area contributed by atoms with E-state index in [1.807, 2.05) is 12.1 Å². The third-order valence-electron chi connectivity index (χ3n) is 3.16. The van der Waals surface area contributed by atoms with Crippen LogP contribution in [0.2, 0.25) is 0 Å². The highest BCUT2D eigenvalue weighted by Gasteiger charge is 2.12. The number of aliphatic hydroxyl groups is 1. The summed E-state index contributed by atoms with van der Waals surface area (Å²) in [6.45, 7) is 1.69. The van der Waals surface area contributed by atoms with Gasteiger partial charge in [0.2, 0.25) is 0 Å². The van der Waals surface area contributed by atoms with Crippen molar-refractivity contribution >= 4 is 0 Å². The third-order valence-corrected chi connectivity index (χ3v) is 3.16. The maximum atomic E-state index is 13.8. The summed E-state index contributed by atoms with van der Waals surface area (Å²) in [6.07, 6.45) is 1.48. The third kappa shape index (κ3) is 2.99. The van der Waals surface area contributed by atoms with E-state index >= 15 is 0 Å². The van der Waals surface area contributed by atoms with Gasteiger partial charge in [-0.2, -0.15) is 0 Å². The fraction of sp³-hybridized carbons (Fsp3) is 0.250. The minimum atomic E-state index is -0.803. The van der Waals surface area contributed by atoms with Crippen LogP contribution in [0.5, 0.6) is 0 Å². The van der Waals surface area contributed by atoms with Gasteiger partial charge in [0.15, 0.2) is 11.6 Å². The van der Waals surface area contributed by atoms with Crippen molar-refractivity contribution in [1.29, 1.82) is 0 Å². The van der Waals surface area contributed by atoms with Crippen molar-refractivity contribution in [3.8, 4) is 11.1 Å². The molecule has 0 fully saturated rings. The number of hydrogen-bond acceptors (Lipinski definition) is 1. The molecule has 2 aromatic carbocycles. The average molecular weight is 262 g/mol. The molecule has 2 rings (SSSR count). The first kappa shape index (κ1) is 13.7. The molecule has 0 amide bonds. The Balaban J connectivity index is 2.30. The number of aliphatic hydroxyl groups excluding tert-OH is 1. The topological polar surface area (TPSA) is 20.2 Å². The highest BCUT2D eigenvalue weighted by molar-refractivity contribution is 5.65. The smallest absolute Gasteiger partial charge is 0.166 e. The number of hydrogen-bond donors (Lipinski definition) is 1. The minimum absolute atomic E-state index is 0.152. The Morgan fingerprint density at radius 2 is 1.63 bits per heavy atom. The zero-order chi connectivity index (χ0) is 13.8. The average Bonchev–Trinajstić information content (AvgIpc) is 2.44. The van der Waals surface area contributed by atoms with Crippen LogP contribution in [0, 0.1) is 18.6 Å². The Hall–Kier alpha value is -1.74. The molecule has 0 unspecified atom stereocenters. The molecule has 1 N–H and O–H groups in total. The second kappa shape index (κ2) is 5.93. The Morgan fingerprint density at radius 1 is 0.947 bits per heavy atom. The lowest BCUT2D eigenvalue weighted by Gasteiger charge is -2.07. The fourth-order valence-electron chi connectivity index (χ4n) is 2.00. The summed E-state index contributed by atoms with van der Waals surface area (Å²) in [4.78, 5) is 0. The lowest BCUT2D eigenvalue weighted by molar-refractivity contribution is 0.288. The Labute approximate surface area is 111 Å². The highest BCUT2D eigenvalue weighted by Crippen LogP contribution is 2.26. The summed E-state index contributed by atoms with van der Waals surface area (Å²) in [7, 11) is 0. The SMILES string of the molecule is Cc1ccc(-c2ccc(CCCO)cc2)c(F)c1F. The van der Waals surface area contributed by atoms with Gasteiger partial charge in [0, 0.05) is 12.2 Å². The fourth-order valence-corrected chi connectivity index (χ4v) is 2.00. The summed E-state index contributed by atoms with van der Waals surface area (Å²) >= 11 is 0. The first-order valence-electron chi connectivity index (χ1n) is 6.28. The maximum absolute atomic E-state index is 13.8. The molecule has 3 heteroatoms. The molecule has 0 atom stereocenters. The molecule has 2 aromatic rings. The monoisotopic (exact) mass is 262 g/mol. The molecule has 0 aliphatic heterocycles. The van der Waals surface area contributed by atoms with E-state index in [-0.39, 0.29) is 12.2 Å². The van der Waals surface area contributed by atoms with Gasteiger partial charge in [0.25, 0.3) is 0 Å². The molecule has 0 aliphatic carbocycles. The van der Waals surface area contributed by atoms with Crippen LogP contribution in [0.15, 0.2) is 36.4 Å². The van der Waals surface area contributed by atoms with E-state index in [0.29, 0.717) is 17.5 Å². The number of rotatable bonds is 4. The molecule has 0 heterocycles. The van der Waals surface area contributed by atoms with Crippen LogP contribution in [-0.2, 0) is 6.42 Å². The molecular weight excluding hydrogens is 246 g/mol. The van der Waals surface area contributed by atoms with Crippen molar-refractivity contribution < 1.29 is 13.9 Å². The van der Waals surface area contributed by atoms with E-state index in [2.05, 4.69) is 0 Å². The van der Waals surface area contributed by atoms with Gasteiger partial charge in [-0.25, -0.2) is 8.78 Å². The normalized spacial score (nSPS) is 10.7. The van der Waals surface area contributed by atoms with E-state index in [0.717, 1.165) is 12.0 Å². The molecule has 0 saturated heterocycles. The lowest BCUT2D eigenvalue weighted by atomic mass is 10.0. The van der Waals surface area contributed by atoms with E-state index in [1.54, 1.807) is 31.2 Å². The molecule has 1 nitrogen and oxygen atoms in total. The molecule has 0 radical (unpaired) electrons. The molecule has 0 aromatic heterocycles. The van der Waals surface area contributed by atoms with Gasteiger partial charge >= 0.3 is 0 Å². The van der Waals surface area contributed by atoms with Crippen molar-refractivity contribution in [1.82, 2.24) is 0 Å². The van der Waals surface area contributed by atoms with Gasteiger partial charge in [0.1, 0.15) is 0 Å². The van der Waals surface area contributed by atoms with Crippen LogP contribution in [0.25, 0.3) is 11.1 Å². The quantitative estimate of drug-likeness (QED) is 0.887. The molecule has 0 aliphatic rings. The van der Waals surface area contributed by atoms with Crippen molar-refractivity contribution in [2.75, 3.05) is 6.61 Å². The van der Waals surface area contributed by atoms with Crippen LogP contribution in [0.1, 0.15) is 17.5 Å². The van der Waals surface area contributed by atoms with Gasteiger partial charge < -0.3 is 5.11 Å². The molecular formula is C16H16F2O. The van der Waals surface area contributed by atoms with Crippen LogP contribution in [0.4, 0.5) is 8.78 Å². The Morgan fingerprint density at radius 3 is 2.26 bits per heavy atom. The number of aryl methyl sites for hydroxylation is 2. The summed E-state index contributed by atoms with van der Waals surface area (Å²) in [6, 6.07) is 10.5. The minimum Gasteiger partial charge on any atom is -0.396 e. The molecule has 0 saturated carbocycles. The maximum Gasteiger partial charge on any atom is 0.166 e. The van der Waals surface area contributed by atoms with Crippen LogP contribution >= 0.6 is 0 Å². The van der Waals surface area contributed by atoms with E-state index in [1.165, 1.54) is 0 Å². The summed E-state index contributed by atoms with van der Waals surface area (Å²) < 4.78 is 27.4. The Kier molecular flexibility index (Phi) is 4.27. The van der Waals surface area contributed by atoms with E-state index < -0.39 is 11.6 Å². The second-order valence-corrected chi connectivity index (χ2v) is 4.58. The Bertz CT molecular complexity index is 562. The standard InChI is InChI=1S/C16H16F2O/c1-11-4-9-14(16(18)15(11)17)13-7-5-12(6-8-13)3-2-10-19/h4-9,19H,2-3,10H2,1H3. The highest BCUT2D eigenvalue weighted by atomic mass is 19.2. The van der Waals surface area contributed by atoms with E-state index in [9.17, 15) is 8.78 Å². The molecule has 0 bridgehead atoms. The molecule has 100 valence electrons. The largest absolute Gasteiger partial charge is 0.396 e. The van der Waals surface area contributed by atoms with Gasteiger partial charge in [-0.3, -0.25) is 0 Å². The predicted octanol–water partition coefficient (Wildman–Crippen LogP) is 3.87. The van der Waals surface area contributed by atoms with E-state index in [4.69, 9.17) is 5.11 Å². The van der Waals surface area contributed by atoms with Crippen molar-refractivity contribution in [2.24, 2.45) is 0 Å². The van der Waals surface area contributed by atoms with Crippen LogP contribution in [-0.4, -0.2) is 11.7 Å². The zero-order valence-electron chi connectivity index (χ0n) is 10.8. The second-order valence-electron chi connectivity index (χ2n) is 4.58. The molecule has 0 spiro atoms. The zero-order valence-corrected chi connectivity index (χ0v) is 10.8. The van der Waals surface area contributed by atoms with Crippen molar-refractivity contribution in [3.05, 3.63) is 59.2 Å². The number of halogens is 2. The van der Waals surface area contributed by atoms with Crippen LogP contribution < -0.4 is 0 Å². The first-order valence-corrected chi connectivity index (χ1v) is 6.28. The predicted molar refractivity (Wildman–Crippen MR) is 71.9 cm³/mol. The van der Waals surface area contributed by atoms with Gasteiger partial charge in [-0.1, -0.05) is 36.4 Å². The first-order chi connectivity index (χ1) is 9.13. The van der Waals surface area contributed by atoms with Gasteiger partial charge in [-0.15, -0.1) is 0 Å². The summed E-state index contributed by atoms with van der Waals surface area (Å²) in [5, 5.41) is 8.76. The van der Waals surface area contributed by atoms with Gasteiger partial charge in [-0.05, 0) is 36.5 Å². The molecule has 19 heavy (non-hydrogen) atoms.